The Morgan fingerprint density at radius 2 is 1.71 bits per heavy atom. The van der Waals surface area contributed by atoms with E-state index in [0.29, 0.717) is 27.8 Å². The summed E-state index contributed by atoms with van der Waals surface area (Å²) in [4.78, 5) is 13.2. The molecule has 0 saturated carbocycles. The molecule has 0 unspecified atom stereocenters. The lowest BCUT2D eigenvalue weighted by atomic mass is 10.1. The van der Waals surface area contributed by atoms with Gasteiger partial charge in [-0.05, 0) is 66.6 Å². The lowest BCUT2D eigenvalue weighted by molar-refractivity contribution is -0.137. The van der Waals surface area contributed by atoms with Gasteiger partial charge in [-0.2, -0.15) is 13.2 Å². The summed E-state index contributed by atoms with van der Waals surface area (Å²) in [5, 5.41) is 4.40. The molecular formula is C27H21F4N3O. The Bertz CT molecular complexity index is 1560. The largest absolute Gasteiger partial charge is 0.416 e. The molecule has 4 nitrogen and oxygen atoms in total. The summed E-state index contributed by atoms with van der Waals surface area (Å²) in [5.41, 5.74) is 2.32. The number of carbonyl (C=O) groups is 1. The molecule has 0 radical (unpaired) electrons. The van der Waals surface area contributed by atoms with E-state index in [0.717, 1.165) is 23.0 Å². The van der Waals surface area contributed by atoms with Gasteiger partial charge in [0, 0.05) is 47.3 Å². The minimum Gasteiger partial charge on any atom is -0.351 e. The number of rotatable bonds is 5. The topological polar surface area (TPSA) is 39.0 Å². The number of carbonyl (C=O) groups excluding carboxylic acids is 1. The molecule has 0 saturated heterocycles. The second-order valence-electron chi connectivity index (χ2n) is 8.49. The van der Waals surface area contributed by atoms with Crippen LogP contribution in [0, 0.1) is 5.82 Å². The Morgan fingerprint density at radius 3 is 2.51 bits per heavy atom. The average Bonchev–Trinajstić information content (AvgIpc) is 3.37. The molecule has 5 aromatic rings. The van der Waals surface area contributed by atoms with E-state index < -0.39 is 17.6 Å². The highest BCUT2D eigenvalue weighted by molar-refractivity contribution is 6.07. The van der Waals surface area contributed by atoms with Crippen LogP contribution in [-0.2, 0) is 26.2 Å². The van der Waals surface area contributed by atoms with Crippen molar-refractivity contribution in [3.05, 3.63) is 102 Å². The predicted octanol–water partition coefficient (Wildman–Crippen LogP) is 6.79. The number of aryl methyl sites for hydroxylation is 3. The normalized spacial score (nSPS) is 11.9. The van der Waals surface area contributed by atoms with E-state index in [1.54, 1.807) is 28.8 Å². The van der Waals surface area contributed by atoms with Crippen molar-refractivity contribution < 1.29 is 22.4 Å². The maximum absolute atomic E-state index is 13.9. The van der Waals surface area contributed by atoms with Crippen LogP contribution in [0.4, 0.5) is 23.2 Å². The highest BCUT2D eigenvalue weighted by Gasteiger charge is 2.30. The monoisotopic (exact) mass is 479 g/mol. The number of amides is 1. The van der Waals surface area contributed by atoms with Gasteiger partial charge in [0.05, 0.1) is 5.56 Å². The Hall–Kier alpha value is -4.07. The van der Waals surface area contributed by atoms with Crippen LogP contribution < -0.4 is 5.32 Å². The van der Waals surface area contributed by atoms with E-state index in [1.807, 2.05) is 36.0 Å². The molecule has 2 aromatic heterocycles. The number of fused-ring (bicyclic) bond motifs is 2. The second kappa shape index (κ2) is 8.61. The molecule has 3 aromatic carbocycles. The van der Waals surface area contributed by atoms with E-state index in [9.17, 15) is 22.4 Å². The lowest BCUT2D eigenvalue weighted by Gasteiger charge is -2.13. The van der Waals surface area contributed by atoms with Crippen molar-refractivity contribution in [2.75, 3.05) is 5.32 Å². The van der Waals surface area contributed by atoms with Crippen molar-refractivity contribution in [1.29, 1.82) is 0 Å². The first-order valence-electron chi connectivity index (χ1n) is 11.0. The van der Waals surface area contributed by atoms with Gasteiger partial charge in [0.25, 0.3) is 5.91 Å². The zero-order valence-corrected chi connectivity index (χ0v) is 18.7. The molecular weight excluding hydrogens is 458 g/mol. The van der Waals surface area contributed by atoms with Crippen molar-refractivity contribution in [2.45, 2.75) is 19.1 Å². The van der Waals surface area contributed by atoms with Crippen molar-refractivity contribution >= 4 is 33.4 Å². The number of hydrogen-bond donors (Lipinski definition) is 1. The van der Waals surface area contributed by atoms with E-state index in [4.69, 9.17) is 0 Å². The predicted molar refractivity (Wildman–Crippen MR) is 128 cm³/mol. The third-order valence-corrected chi connectivity index (χ3v) is 6.12. The Morgan fingerprint density at radius 1 is 0.914 bits per heavy atom. The molecule has 178 valence electrons. The maximum atomic E-state index is 13.9. The number of anilines is 1. The van der Waals surface area contributed by atoms with Crippen LogP contribution >= 0.6 is 0 Å². The Labute approximate surface area is 198 Å². The van der Waals surface area contributed by atoms with Gasteiger partial charge in [0.2, 0.25) is 0 Å². The second-order valence-corrected chi connectivity index (χ2v) is 8.49. The van der Waals surface area contributed by atoms with Gasteiger partial charge in [-0.1, -0.05) is 18.2 Å². The molecule has 0 spiro atoms. The first-order valence-corrected chi connectivity index (χ1v) is 11.0. The summed E-state index contributed by atoms with van der Waals surface area (Å²) in [6.45, 7) is 0.247. The highest BCUT2D eigenvalue weighted by Crippen LogP contribution is 2.30. The molecule has 0 aliphatic heterocycles. The van der Waals surface area contributed by atoms with Crippen LogP contribution in [-0.4, -0.2) is 15.0 Å². The van der Waals surface area contributed by atoms with Crippen LogP contribution in [0.1, 0.15) is 21.6 Å². The quantitative estimate of drug-likeness (QED) is 0.277. The molecule has 5 rings (SSSR count). The molecule has 0 bridgehead atoms. The van der Waals surface area contributed by atoms with Crippen molar-refractivity contribution in [3.8, 4) is 0 Å². The maximum Gasteiger partial charge on any atom is 0.416 e. The average molecular weight is 479 g/mol. The van der Waals surface area contributed by atoms with Gasteiger partial charge in [0.1, 0.15) is 11.5 Å². The minimum atomic E-state index is -4.43. The van der Waals surface area contributed by atoms with Gasteiger partial charge < -0.3 is 14.5 Å². The number of halogens is 4. The third kappa shape index (κ3) is 4.51. The number of nitrogens with one attached hydrogen (secondary N) is 1. The van der Waals surface area contributed by atoms with Crippen LogP contribution in [0.5, 0.6) is 0 Å². The fourth-order valence-electron chi connectivity index (χ4n) is 4.37. The zero-order chi connectivity index (χ0) is 24.7. The summed E-state index contributed by atoms with van der Waals surface area (Å²) >= 11 is 0. The van der Waals surface area contributed by atoms with Crippen LogP contribution in [0.15, 0.2) is 79.0 Å². The number of benzene rings is 3. The fourth-order valence-corrected chi connectivity index (χ4v) is 4.37. The molecule has 0 aliphatic carbocycles. The zero-order valence-electron chi connectivity index (χ0n) is 18.7. The summed E-state index contributed by atoms with van der Waals surface area (Å²) in [7, 11) is 1.93. The van der Waals surface area contributed by atoms with Crippen molar-refractivity contribution in [2.24, 2.45) is 7.05 Å². The van der Waals surface area contributed by atoms with Gasteiger partial charge >= 0.3 is 6.18 Å². The SMILES string of the molecule is Cn1ccc2cc(NC(=O)c3cc4cc(F)ccc4n3CCc3cccc(C(F)(F)F)c3)ccc21. The van der Waals surface area contributed by atoms with Crippen LogP contribution in [0.25, 0.3) is 21.8 Å². The van der Waals surface area contributed by atoms with Crippen LogP contribution in [0.3, 0.4) is 0 Å². The smallest absolute Gasteiger partial charge is 0.351 e. The van der Waals surface area contributed by atoms with E-state index in [2.05, 4.69) is 5.32 Å². The number of alkyl halides is 3. The van der Waals surface area contributed by atoms with Gasteiger partial charge in [-0.25, -0.2) is 4.39 Å². The Kier molecular flexibility index (Phi) is 5.59. The number of aromatic nitrogens is 2. The van der Waals surface area contributed by atoms with E-state index in [1.165, 1.54) is 18.2 Å². The Balaban J connectivity index is 1.46. The summed E-state index contributed by atoms with van der Waals surface area (Å²) < 4.78 is 56.9. The summed E-state index contributed by atoms with van der Waals surface area (Å²) in [6, 6.07) is 18.5. The summed E-state index contributed by atoms with van der Waals surface area (Å²) in [5.74, 6) is -0.824. The molecule has 0 aliphatic rings. The molecule has 8 heteroatoms. The number of nitrogens with zero attached hydrogens (tertiary/aromatic N) is 2. The third-order valence-electron chi connectivity index (χ3n) is 6.12. The molecule has 0 fully saturated rings. The first kappa shape index (κ1) is 22.7. The fraction of sp³-hybridized carbons (Fsp3) is 0.148. The standard InChI is InChI=1S/C27H21F4N3O/c1-33-11-10-18-15-22(6-8-23(18)33)32-26(35)25-16-19-14-21(28)5-7-24(19)34(25)12-9-17-3-2-4-20(13-17)27(29,30)31/h2-8,10-11,13-16H,9,12H2,1H3,(H,32,35). The molecule has 0 atom stereocenters. The van der Waals surface area contributed by atoms with Crippen LogP contribution in [0.2, 0.25) is 0 Å². The van der Waals surface area contributed by atoms with E-state index >= 15 is 0 Å². The van der Waals surface area contributed by atoms with Gasteiger partial charge in [-0.15, -0.1) is 0 Å². The van der Waals surface area contributed by atoms with Gasteiger partial charge in [-0.3, -0.25) is 4.79 Å². The van der Waals surface area contributed by atoms with Gasteiger partial charge in [0.15, 0.2) is 0 Å². The highest BCUT2D eigenvalue weighted by atomic mass is 19.4. The number of hydrogen-bond acceptors (Lipinski definition) is 1. The molecule has 2 heterocycles. The van der Waals surface area contributed by atoms with E-state index in [-0.39, 0.29) is 18.9 Å². The first-order chi connectivity index (χ1) is 16.7. The van der Waals surface area contributed by atoms with Crippen molar-refractivity contribution in [3.63, 3.8) is 0 Å². The minimum absolute atomic E-state index is 0.247. The van der Waals surface area contributed by atoms with Crippen molar-refractivity contribution in [1.82, 2.24) is 9.13 Å². The molecule has 1 N–H and O–H groups in total. The molecule has 35 heavy (non-hydrogen) atoms. The molecule has 1 amide bonds. The summed E-state index contributed by atoms with van der Waals surface area (Å²) in [6.07, 6.45) is -2.24. The lowest BCUT2D eigenvalue weighted by Crippen LogP contribution is -2.18.